The van der Waals surface area contributed by atoms with Crippen molar-refractivity contribution in [2.45, 2.75) is 116 Å². The standard InChI is InChI=1S/C18H48O6Si6/c1-7-13-25-19-26(14-8-2)21-28(16-10-4)23-30(18-12-6)24-29(17-11-5)22-27(20-25)15-9-3/h25-30H,7-18H2,1-6H3. The highest BCUT2D eigenvalue weighted by atomic mass is 28.5. The molecule has 1 aliphatic rings. The van der Waals surface area contributed by atoms with E-state index in [1.54, 1.807) is 0 Å². The molecule has 6 nitrogen and oxygen atoms in total. The van der Waals surface area contributed by atoms with Crippen molar-refractivity contribution in [1.29, 1.82) is 0 Å². The van der Waals surface area contributed by atoms with Crippen molar-refractivity contribution in [2.24, 2.45) is 0 Å². The first-order chi connectivity index (χ1) is 14.6. The predicted molar refractivity (Wildman–Crippen MR) is 140 cm³/mol. The third-order valence-corrected chi connectivity index (χ3v) is 25.8. The van der Waals surface area contributed by atoms with Crippen LogP contribution in [0.2, 0.25) is 36.3 Å². The normalized spacial score (nSPS) is 31.8. The van der Waals surface area contributed by atoms with Crippen LogP contribution in [0.1, 0.15) is 80.1 Å². The summed E-state index contributed by atoms with van der Waals surface area (Å²) in [6.45, 7) is 13.3. The Labute approximate surface area is 196 Å². The maximum absolute atomic E-state index is 6.68. The van der Waals surface area contributed by atoms with E-state index in [-0.39, 0.29) is 0 Å². The van der Waals surface area contributed by atoms with Crippen LogP contribution in [0.25, 0.3) is 0 Å². The van der Waals surface area contributed by atoms with E-state index in [1.165, 1.54) is 0 Å². The Morgan fingerprint density at radius 3 is 0.533 bits per heavy atom. The van der Waals surface area contributed by atoms with Gasteiger partial charge in [-0.25, -0.2) is 0 Å². The summed E-state index contributed by atoms with van der Waals surface area (Å²) in [5.41, 5.74) is 0. The molecule has 30 heavy (non-hydrogen) atoms. The summed E-state index contributed by atoms with van der Waals surface area (Å²) in [5.74, 6) is 0. The van der Waals surface area contributed by atoms with Crippen LogP contribution < -0.4 is 0 Å². The summed E-state index contributed by atoms with van der Waals surface area (Å²) >= 11 is 0. The van der Waals surface area contributed by atoms with Crippen LogP contribution in [0, 0.1) is 0 Å². The van der Waals surface area contributed by atoms with Gasteiger partial charge in [0.25, 0.3) is 0 Å². The van der Waals surface area contributed by atoms with Gasteiger partial charge in [0.2, 0.25) is 0 Å². The van der Waals surface area contributed by atoms with Crippen LogP contribution in [0.3, 0.4) is 0 Å². The summed E-state index contributed by atoms with van der Waals surface area (Å²) in [5, 5.41) is 0. The highest BCUT2D eigenvalue weighted by Crippen LogP contribution is 2.19. The van der Waals surface area contributed by atoms with Gasteiger partial charge in [-0.15, -0.1) is 0 Å². The third-order valence-electron chi connectivity index (χ3n) is 4.97. The van der Waals surface area contributed by atoms with E-state index in [1.807, 2.05) is 0 Å². The van der Waals surface area contributed by atoms with Gasteiger partial charge < -0.3 is 24.7 Å². The molecule has 0 aliphatic carbocycles. The van der Waals surface area contributed by atoms with Crippen molar-refractivity contribution in [3.8, 4) is 0 Å². The lowest BCUT2D eigenvalue weighted by atomic mass is 10.6. The zero-order valence-corrected chi connectivity index (χ0v) is 27.3. The van der Waals surface area contributed by atoms with Gasteiger partial charge in [0, 0.05) is 0 Å². The Morgan fingerprint density at radius 2 is 0.433 bits per heavy atom. The van der Waals surface area contributed by atoms with Crippen LogP contribution in [0.4, 0.5) is 0 Å². The van der Waals surface area contributed by atoms with Crippen molar-refractivity contribution < 1.29 is 24.7 Å². The first kappa shape index (κ1) is 29.1. The molecule has 0 amide bonds. The summed E-state index contributed by atoms with van der Waals surface area (Å²) < 4.78 is 40.1. The molecular weight excluding hydrogens is 481 g/mol. The fraction of sp³-hybridized carbons (Fsp3) is 1.00. The number of hydrogen-bond acceptors (Lipinski definition) is 6. The molecule has 12 heteroatoms. The van der Waals surface area contributed by atoms with Crippen LogP contribution >= 0.6 is 0 Å². The summed E-state index contributed by atoms with van der Waals surface area (Å²) in [6, 6.07) is 6.26. The maximum Gasteiger partial charge on any atom is 0.303 e. The minimum atomic E-state index is -1.77. The molecule has 0 aromatic heterocycles. The average molecular weight is 529 g/mol. The average Bonchev–Trinajstić information content (AvgIpc) is 2.68. The van der Waals surface area contributed by atoms with Crippen molar-refractivity contribution >= 4 is 55.7 Å². The second-order valence-electron chi connectivity index (χ2n) is 8.13. The SMILES string of the molecule is CCC[SiH]1O[SiH](CCC)O[SiH](CCC)O[SiH](CCC)O[SiH](CCC)O[SiH](CCC)O1. The predicted octanol–water partition coefficient (Wildman–Crippen LogP) is 3.88. The minimum absolute atomic E-state index is 1.04. The zero-order chi connectivity index (χ0) is 22.2. The van der Waals surface area contributed by atoms with E-state index in [0.717, 1.165) is 74.8 Å². The molecule has 1 rings (SSSR count). The van der Waals surface area contributed by atoms with Crippen molar-refractivity contribution in [3.05, 3.63) is 0 Å². The van der Waals surface area contributed by atoms with Gasteiger partial charge in [0.1, 0.15) is 0 Å². The fourth-order valence-corrected chi connectivity index (χ4v) is 25.9. The minimum Gasteiger partial charge on any atom is -0.420 e. The Kier molecular flexibility index (Phi) is 17.9. The molecule has 0 atom stereocenters. The topological polar surface area (TPSA) is 55.4 Å². The molecule has 1 fully saturated rings. The second kappa shape index (κ2) is 18.5. The second-order valence-corrected chi connectivity index (χ2v) is 23.3. The van der Waals surface area contributed by atoms with Crippen molar-refractivity contribution in [3.63, 3.8) is 0 Å². The molecule has 0 aromatic carbocycles. The molecule has 0 radical (unpaired) electrons. The summed E-state index contributed by atoms with van der Waals surface area (Å²) in [6.07, 6.45) is 6.59. The van der Waals surface area contributed by atoms with Gasteiger partial charge in [-0.05, 0) is 36.3 Å². The molecule has 0 aromatic rings. The highest BCUT2D eigenvalue weighted by molar-refractivity contribution is 6.74. The van der Waals surface area contributed by atoms with E-state index >= 15 is 0 Å². The van der Waals surface area contributed by atoms with Crippen LogP contribution in [0.15, 0.2) is 0 Å². The monoisotopic (exact) mass is 528 g/mol. The molecule has 0 N–H and O–H groups in total. The highest BCUT2D eigenvalue weighted by Gasteiger charge is 2.33. The lowest BCUT2D eigenvalue weighted by Crippen LogP contribution is -2.48. The van der Waals surface area contributed by atoms with Gasteiger partial charge >= 0.3 is 55.7 Å². The Bertz CT molecular complexity index is 308. The van der Waals surface area contributed by atoms with Gasteiger partial charge in [0.15, 0.2) is 0 Å². The van der Waals surface area contributed by atoms with Crippen molar-refractivity contribution in [2.75, 3.05) is 0 Å². The Balaban J connectivity index is 3.11. The molecule has 180 valence electrons. The molecule has 0 bridgehead atoms. The maximum atomic E-state index is 6.68. The van der Waals surface area contributed by atoms with E-state index in [4.69, 9.17) is 24.7 Å². The molecule has 0 spiro atoms. The molecular formula is C18H48O6Si6. The van der Waals surface area contributed by atoms with Gasteiger partial charge in [-0.3, -0.25) is 0 Å². The first-order valence-corrected chi connectivity index (χ1v) is 23.1. The van der Waals surface area contributed by atoms with Crippen LogP contribution in [0.5, 0.6) is 0 Å². The fourth-order valence-electron chi connectivity index (χ4n) is 3.44. The Hall–Kier alpha value is 1.06. The third kappa shape index (κ3) is 12.3. The van der Waals surface area contributed by atoms with E-state index in [0.29, 0.717) is 0 Å². The zero-order valence-electron chi connectivity index (χ0n) is 20.4. The summed E-state index contributed by atoms with van der Waals surface area (Å²) in [7, 11) is -10.6. The molecule has 1 heterocycles. The van der Waals surface area contributed by atoms with Crippen LogP contribution in [-0.4, -0.2) is 55.7 Å². The molecule has 0 unspecified atom stereocenters. The molecule has 0 saturated carbocycles. The van der Waals surface area contributed by atoms with E-state index < -0.39 is 55.7 Å². The lowest BCUT2D eigenvalue weighted by molar-refractivity contribution is 0.278. The first-order valence-electron chi connectivity index (χ1n) is 12.5. The van der Waals surface area contributed by atoms with E-state index in [2.05, 4.69) is 41.5 Å². The lowest BCUT2D eigenvalue weighted by Gasteiger charge is -2.34. The van der Waals surface area contributed by atoms with Crippen LogP contribution in [-0.2, 0) is 24.7 Å². The Morgan fingerprint density at radius 1 is 0.300 bits per heavy atom. The molecule has 1 saturated heterocycles. The smallest absolute Gasteiger partial charge is 0.303 e. The van der Waals surface area contributed by atoms with Gasteiger partial charge in [-0.1, -0.05) is 80.1 Å². The quantitative estimate of drug-likeness (QED) is 0.358. The largest absolute Gasteiger partial charge is 0.420 e. The molecule has 1 aliphatic heterocycles. The summed E-state index contributed by atoms with van der Waals surface area (Å²) in [4.78, 5) is 0. The number of hydrogen-bond donors (Lipinski definition) is 0. The van der Waals surface area contributed by atoms with Gasteiger partial charge in [-0.2, -0.15) is 0 Å². The van der Waals surface area contributed by atoms with Crippen molar-refractivity contribution in [1.82, 2.24) is 0 Å². The number of rotatable bonds is 12. The van der Waals surface area contributed by atoms with E-state index in [9.17, 15) is 0 Å². The van der Waals surface area contributed by atoms with Gasteiger partial charge in [0.05, 0.1) is 0 Å².